The van der Waals surface area contributed by atoms with E-state index in [4.69, 9.17) is 9.47 Å². The van der Waals surface area contributed by atoms with Gasteiger partial charge in [0.2, 0.25) is 0 Å². The van der Waals surface area contributed by atoms with Crippen molar-refractivity contribution in [2.24, 2.45) is 0 Å². The molecule has 39 heavy (non-hydrogen) atoms. The molecule has 4 aromatic rings. The maximum absolute atomic E-state index is 13.5. The summed E-state index contributed by atoms with van der Waals surface area (Å²) in [5.74, 6) is 0.260. The lowest BCUT2D eigenvalue weighted by Gasteiger charge is -2.20. The van der Waals surface area contributed by atoms with E-state index in [1.54, 1.807) is 60.3 Å². The van der Waals surface area contributed by atoms with Crippen molar-refractivity contribution in [3.8, 4) is 11.5 Å². The van der Waals surface area contributed by atoms with E-state index in [2.05, 4.69) is 10.4 Å². The molecule has 1 atom stereocenters. The average molecular weight is 532 g/mol. The average Bonchev–Trinajstić information content (AvgIpc) is 3.36. The van der Waals surface area contributed by atoms with Crippen LogP contribution in [0.2, 0.25) is 0 Å². The molecule has 0 aliphatic carbocycles. The molecular formula is C28H26FN5O5. The summed E-state index contributed by atoms with van der Waals surface area (Å²) in [5, 5.41) is 6.75. The van der Waals surface area contributed by atoms with Crippen LogP contribution in [0.5, 0.6) is 11.5 Å². The molecule has 3 heterocycles. The third-order valence-corrected chi connectivity index (χ3v) is 6.26. The quantitative estimate of drug-likeness (QED) is 0.393. The summed E-state index contributed by atoms with van der Waals surface area (Å²) in [4.78, 5) is 39.3. The molecule has 5 rings (SSSR count). The van der Waals surface area contributed by atoms with Gasteiger partial charge in [0.1, 0.15) is 36.6 Å². The van der Waals surface area contributed by atoms with Gasteiger partial charge in [-0.2, -0.15) is 9.78 Å². The second-order valence-corrected chi connectivity index (χ2v) is 9.02. The highest BCUT2D eigenvalue weighted by molar-refractivity contribution is 6.00. The molecule has 10 nitrogen and oxygen atoms in total. The number of pyridine rings is 1. The normalized spacial score (nSPS) is 14.8. The Morgan fingerprint density at radius 2 is 2.00 bits per heavy atom. The number of fused-ring (bicyclic) bond motifs is 1. The Kier molecular flexibility index (Phi) is 7.39. The SMILES string of the molecule is CN1C(=O)[C@@H](NC(=O)n2cc(Cc3cccc(F)c3)cn2)COc2ccc(OCCn3ccccc3=O)cc21. The fraction of sp³-hybridized carbons (Fsp3) is 0.214. The lowest BCUT2D eigenvalue weighted by atomic mass is 10.1. The maximum Gasteiger partial charge on any atom is 0.342 e. The van der Waals surface area contributed by atoms with Crippen LogP contribution in [0.25, 0.3) is 0 Å². The van der Waals surface area contributed by atoms with Crippen molar-refractivity contribution in [1.82, 2.24) is 19.7 Å². The van der Waals surface area contributed by atoms with Gasteiger partial charge in [-0.05, 0) is 41.5 Å². The lowest BCUT2D eigenvalue weighted by molar-refractivity contribution is -0.120. The highest BCUT2D eigenvalue weighted by Crippen LogP contribution is 2.34. The number of carbonyl (C=O) groups excluding carboxylic acids is 2. The number of carbonyl (C=O) groups is 2. The number of nitrogens with zero attached hydrogens (tertiary/aromatic N) is 4. The molecule has 0 unspecified atom stereocenters. The molecule has 0 saturated heterocycles. The molecule has 2 amide bonds. The molecule has 0 radical (unpaired) electrons. The van der Waals surface area contributed by atoms with E-state index in [9.17, 15) is 18.8 Å². The van der Waals surface area contributed by atoms with E-state index in [-0.39, 0.29) is 30.5 Å². The van der Waals surface area contributed by atoms with Crippen LogP contribution in [0.15, 0.2) is 84.0 Å². The number of rotatable bonds is 7. The third kappa shape index (κ3) is 5.98. The van der Waals surface area contributed by atoms with Crippen molar-refractivity contribution in [3.63, 3.8) is 0 Å². The highest BCUT2D eigenvalue weighted by Gasteiger charge is 2.31. The Morgan fingerprint density at radius 3 is 2.82 bits per heavy atom. The van der Waals surface area contributed by atoms with Crippen LogP contribution in [0.1, 0.15) is 11.1 Å². The van der Waals surface area contributed by atoms with Crippen LogP contribution in [0.4, 0.5) is 14.9 Å². The smallest absolute Gasteiger partial charge is 0.342 e. The van der Waals surface area contributed by atoms with Crippen LogP contribution < -0.4 is 25.2 Å². The Bertz CT molecular complexity index is 1570. The van der Waals surface area contributed by atoms with E-state index in [1.807, 2.05) is 0 Å². The minimum atomic E-state index is -0.958. The number of likely N-dealkylation sites (N-methyl/N-ethyl adjacent to an activating group) is 1. The van der Waals surface area contributed by atoms with E-state index in [0.717, 1.165) is 10.2 Å². The molecule has 1 N–H and O–H groups in total. The number of benzene rings is 2. The second-order valence-electron chi connectivity index (χ2n) is 9.02. The summed E-state index contributed by atoms with van der Waals surface area (Å²) < 4.78 is 27.7. The van der Waals surface area contributed by atoms with Crippen molar-refractivity contribution in [3.05, 3.63) is 107 Å². The monoisotopic (exact) mass is 531 g/mol. The van der Waals surface area contributed by atoms with Gasteiger partial charge in [-0.1, -0.05) is 18.2 Å². The summed E-state index contributed by atoms with van der Waals surface area (Å²) in [7, 11) is 1.59. The fourth-order valence-electron chi connectivity index (χ4n) is 4.24. The van der Waals surface area contributed by atoms with Gasteiger partial charge in [0.05, 0.1) is 18.4 Å². The molecule has 0 saturated carbocycles. The number of nitrogens with one attached hydrogen (secondary N) is 1. The number of hydrogen-bond acceptors (Lipinski definition) is 6. The third-order valence-electron chi connectivity index (χ3n) is 6.26. The molecule has 2 aromatic heterocycles. The van der Waals surface area contributed by atoms with Crippen molar-refractivity contribution in [2.75, 3.05) is 25.2 Å². The number of anilines is 1. The zero-order chi connectivity index (χ0) is 27.4. The van der Waals surface area contributed by atoms with Gasteiger partial charge < -0.3 is 24.3 Å². The lowest BCUT2D eigenvalue weighted by Crippen LogP contribution is -2.50. The van der Waals surface area contributed by atoms with Crippen LogP contribution in [0.3, 0.4) is 0 Å². The Hall–Kier alpha value is -4.93. The largest absolute Gasteiger partial charge is 0.492 e. The number of ether oxygens (including phenoxy) is 2. The van der Waals surface area contributed by atoms with Crippen LogP contribution in [-0.4, -0.2) is 52.6 Å². The van der Waals surface area contributed by atoms with Crippen molar-refractivity contribution in [1.29, 1.82) is 0 Å². The minimum Gasteiger partial charge on any atom is -0.492 e. The van der Waals surface area contributed by atoms with Gasteiger partial charge in [-0.3, -0.25) is 9.59 Å². The summed E-state index contributed by atoms with van der Waals surface area (Å²) in [6.45, 7) is 0.551. The Balaban J connectivity index is 1.21. The van der Waals surface area contributed by atoms with Crippen LogP contribution >= 0.6 is 0 Å². The standard InChI is InChI=1S/C28H26FN5O5/c1-32-24-15-22(38-12-11-33-10-3-2-7-26(33)35)8-9-25(24)39-18-23(27(32)36)31-28(37)34-17-20(16-30-34)13-19-5-4-6-21(29)14-19/h2-10,14-17,23H,11-13,18H2,1H3,(H,31,37)/t23-/m0/s1. The number of hydrogen-bond donors (Lipinski definition) is 1. The molecule has 1 aliphatic heterocycles. The van der Waals surface area contributed by atoms with Crippen molar-refractivity contribution < 1.29 is 23.5 Å². The summed E-state index contributed by atoms with van der Waals surface area (Å²) in [6.07, 6.45) is 5.15. The van der Waals surface area contributed by atoms with E-state index < -0.39 is 12.1 Å². The molecule has 200 valence electrons. The van der Waals surface area contributed by atoms with Gasteiger partial charge >= 0.3 is 6.03 Å². The maximum atomic E-state index is 13.5. The first-order valence-corrected chi connectivity index (χ1v) is 12.3. The van der Waals surface area contributed by atoms with Gasteiger partial charge in [0.15, 0.2) is 0 Å². The van der Waals surface area contributed by atoms with Gasteiger partial charge in [0.25, 0.3) is 11.5 Å². The highest BCUT2D eigenvalue weighted by atomic mass is 19.1. The summed E-state index contributed by atoms with van der Waals surface area (Å²) >= 11 is 0. The van der Waals surface area contributed by atoms with Crippen LogP contribution in [0, 0.1) is 5.82 Å². The van der Waals surface area contributed by atoms with Crippen molar-refractivity contribution in [2.45, 2.75) is 19.0 Å². The zero-order valence-electron chi connectivity index (χ0n) is 21.1. The molecule has 0 fully saturated rings. The van der Waals surface area contributed by atoms with Crippen LogP contribution in [-0.2, 0) is 17.8 Å². The van der Waals surface area contributed by atoms with Gasteiger partial charge in [-0.25, -0.2) is 9.18 Å². The minimum absolute atomic E-state index is 0.0730. The first kappa shape index (κ1) is 25.7. The predicted molar refractivity (Wildman–Crippen MR) is 141 cm³/mol. The summed E-state index contributed by atoms with van der Waals surface area (Å²) in [5.41, 5.74) is 1.84. The summed E-state index contributed by atoms with van der Waals surface area (Å²) in [6, 6.07) is 14.7. The predicted octanol–water partition coefficient (Wildman–Crippen LogP) is 2.84. The van der Waals surface area contributed by atoms with Crippen molar-refractivity contribution >= 4 is 17.6 Å². The number of aromatic nitrogens is 3. The van der Waals surface area contributed by atoms with Gasteiger partial charge in [0, 0.05) is 38.0 Å². The second kappa shape index (κ2) is 11.2. The molecule has 0 bridgehead atoms. The van der Waals surface area contributed by atoms with E-state index in [1.165, 1.54) is 35.5 Å². The fourth-order valence-corrected chi connectivity index (χ4v) is 4.24. The molecule has 2 aromatic carbocycles. The molecule has 11 heteroatoms. The van der Waals surface area contributed by atoms with Gasteiger partial charge in [-0.15, -0.1) is 0 Å². The zero-order valence-corrected chi connectivity index (χ0v) is 21.1. The molecular weight excluding hydrogens is 505 g/mol. The topological polar surface area (TPSA) is 108 Å². The molecule has 0 spiro atoms. The van der Waals surface area contributed by atoms with E-state index >= 15 is 0 Å². The number of amides is 2. The number of halogens is 1. The Labute approximate surface area is 223 Å². The molecule has 1 aliphatic rings. The Morgan fingerprint density at radius 1 is 1.13 bits per heavy atom. The first-order chi connectivity index (χ1) is 18.9. The first-order valence-electron chi connectivity index (χ1n) is 12.3. The van der Waals surface area contributed by atoms with E-state index in [0.29, 0.717) is 35.7 Å².